The molecule has 1 atom stereocenters. The fourth-order valence-corrected chi connectivity index (χ4v) is 7.57. The zero-order valence-corrected chi connectivity index (χ0v) is 24.3. The Morgan fingerprint density at radius 1 is 1.00 bits per heavy atom. The Kier molecular flexibility index (Phi) is 8.82. The van der Waals surface area contributed by atoms with Gasteiger partial charge < -0.3 is 5.32 Å². The topological polar surface area (TPSA) is 138 Å². The number of carbonyl (C=O) groups is 1. The Hall–Kier alpha value is -2.77. The van der Waals surface area contributed by atoms with Gasteiger partial charge in [-0.3, -0.25) is 4.79 Å². The molecule has 14 heteroatoms. The van der Waals surface area contributed by atoms with Gasteiger partial charge in [-0.1, -0.05) is 29.3 Å². The second-order valence-electron chi connectivity index (χ2n) is 9.25. The molecule has 2 N–H and O–H groups in total. The first-order chi connectivity index (χ1) is 18.3. The molecular weight excluding hydrogens is 585 g/mol. The summed E-state index contributed by atoms with van der Waals surface area (Å²) < 4.78 is 55.3. The van der Waals surface area contributed by atoms with Crippen molar-refractivity contribution in [2.24, 2.45) is 5.92 Å². The summed E-state index contributed by atoms with van der Waals surface area (Å²) in [4.78, 5) is 21.1. The summed E-state index contributed by atoms with van der Waals surface area (Å²) >= 11 is 12.3. The van der Waals surface area contributed by atoms with Crippen LogP contribution in [0.25, 0.3) is 0 Å². The molecule has 3 aromatic rings. The Morgan fingerprint density at radius 3 is 2.23 bits per heavy atom. The molecule has 0 aliphatic carbocycles. The van der Waals surface area contributed by atoms with Gasteiger partial charge in [0.1, 0.15) is 0 Å². The molecule has 4 rings (SSSR count). The highest BCUT2D eigenvalue weighted by molar-refractivity contribution is 7.92. The lowest BCUT2D eigenvalue weighted by atomic mass is 9.99. The van der Waals surface area contributed by atoms with Crippen LogP contribution in [-0.2, 0) is 30.6 Å². The quantitative estimate of drug-likeness (QED) is 0.385. The monoisotopic (exact) mass is 611 g/mol. The number of amides is 1. The molecular formula is C25H27Cl2N5O5S2. The fraction of sp³-hybridized carbons (Fsp3) is 0.320. The standard InChI is InChI=1S/C25H27Cl2N5O5S2/c1-16-13-17(2)29-25(28-16)31-39(36,37)20-10-8-19(9-11-20)30-24(33)18-5-4-12-32(14-18)38(34,35)15-21-22(26)6-3-7-23(21)27/h3,6-11,13,18H,4-5,12,14-15H2,1-2H3,(H,30,33)(H,28,29,31)/t18-/m0/s1. The van der Waals surface area contributed by atoms with Crippen molar-refractivity contribution in [2.45, 2.75) is 37.3 Å². The van der Waals surface area contributed by atoms with Gasteiger partial charge in [-0.25, -0.2) is 35.8 Å². The van der Waals surface area contributed by atoms with Gasteiger partial charge in [-0.2, -0.15) is 0 Å². The third kappa shape index (κ3) is 7.25. The van der Waals surface area contributed by atoms with Crippen molar-refractivity contribution >= 4 is 60.8 Å². The third-order valence-corrected chi connectivity index (χ3v) is 10.0. The fourth-order valence-electron chi connectivity index (χ4n) is 4.27. The van der Waals surface area contributed by atoms with Crippen LogP contribution < -0.4 is 10.0 Å². The van der Waals surface area contributed by atoms with Gasteiger partial charge in [-0.05, 0) is 69.2 Å². The van der Waals surface area contributed by atoms with Crippen LogP contribution in [0.2, 0.25) is 10.0 Å². The Balaban J connectivity index is 1.40. The van der Waals surface area contributed by atoms with Crippen molar-refractivity contribution in [3.63, 3.8) is 0 Å². The second kappa shape index (κ2) is 11.8. The average molecular weight is 613 g/mol. The van der Waals surface area contributed by atoms with Gasteiger partial charge in [0.2, 0.25) is 21.9 Å². The van der Waals surface area contributed by atoms with Gasteiger partial charge >= 0.3 is 0 Å². The maximum absolute atomic E-state index is 13.1. The van der Waals surface area contributed by atoms with E-state index in [-0.39, 0.29) is 45.6 Å². The summed E-state index contributed by atoms with van der Waals surface area (Å²) in [6, 6.07) is 12.2. The summed E-state index contributed by atoms with van der Waals surface area (Å²) in [5.41, 5.74) is 1.95. The number of piperidine rings is 1. The number of nitrogens with one attached hydrogen (secondary N) is 2. The SMILES string of the molecule is Cc1cc(C)nc(NS(=O)(=O)c2ccc(NC(=O)[C@H]3CCCN(S(=O)(=O)Cc4c(Cl)cccc4Cl)C3)cc2)n1. The smallest absolute Gasteiger partial charge is 0.264 e. The van der Waals surface area contributed by atoms with Gasteiger partial charge in [0, 0.05) is 45.8 Å². The van der Waals surface area contributed by atoms with Crippen LogP contribution in [-0.4, -0.2) is 50.1 Å². The maximum Gasteiger partial charge on any atom is 0.264 e. The molecule has 10 nitrogen and oxygen atoms in total. The van der Waals surface area contributed by atoms with Crippen LogP contribution in [0.1, 0.15) is 29.8 Å². The lowest BCUT2D eigenvalue weighted by molar-refractivity contribution is -0.120. The summed E-state index contributed by atoms with van der Waals surface area (Å²) in [5.74, 6) is -1.33. The minimum atomic E-state index is -3.95. The lowest BCUT2D eigenvalue weighted by Crippen LogP contribution is -2.44. The van der Waals surface area contributed by atoms with E-state index in [2.05, 4.69) is 20.0 Å². The average Bonchev–Trinajstić information content (AvgIpc) is 2.86. The van der Waals surface area contributed by atoms with E-state index in [1.54, 1.807) is 38.1 Å². The number of rotatable bonds is 8. The molecule has 0 saturated carbocycles. The number of nitrogens with zero attached hydrogens (tertiary/aromatic N) is 3. The number of sulfonamides is 2. The molecule has 39 heavy (non-hydrogen) atoms. The highest BCUT2D eigenvalue weighted by Gasteiger charge is 2.33. The Morgan fingerprint density at radius 2 is 1.62 bits per heavy atom. The first-order valence-corrected chi connectivity index (χ1v) is 15.9. The molecule has 208 valence electrons. The largest absolute Gasteiger partial charge is 0.326 e. The molecule has 1 aromatic heterocycles. The molecule has 1 aliphatic rings. The lowest BCUT2D eigenvalue weighted by Gasteiger charge is -2.31. The molecule has 2 heterocycles. The molecule has 1 saturated heterocycles. The zero-order chi connectivity index (χ0) is 28.4. The number of hydrogen-bond donors (Lipinski definition) is 2. The van der Waals surface area contributed by atoms with E-state index in [0.29, 0.717) is 35.5 Å². The molecule has 2 aromatic carbocycles. The van der Waals surface area contributed by atoms with Gasteiger partial charge in [0.15, 0.2) is 0 Å². The van der Waals surface area contributed by atoms with E-state index in [1.165, 1.54) is 28.6 Å². The molecule has 1 fully saturated rings. The minimum Gasteiger partial charge on any atom is -0.326 e. The number of aromatic nitrogens is 2. The van der Waals surface area contributed by atoms with Gasteiger partial charge in [0.25, 0.3) is 10.0 Å². The van der Waals surface area contributed by atoms with Crippen LogP contribution >= 0.6 is 23.2 Å². The van der Waals surface area contributed by atoms with E-state index in [1.807, 2.05) is 0 Å². The van der Waals surface area contributed by atoms with Crippen LogP contribution in [0.4, 0.5) is 11.6 Å². The molecule has 1 amide bonds. The molecule has 1 aliphatic heterocycles. The number of aryl methyl sites for hydroxylation is 2. The van der Waals surface area contributed by atoms with Crippen molar-refractivity contribution in [2.75, 3.05) is 23.1 Å². The maximum atomic E-state index is 13.1. The van der Waals surface area contributed by atoms with E-state index >= 15 is 0 Å². The predicted octanol–water partition coefficient (Wildman–Crippen LogP) is 4.38. The number of anilines is 2. The van der Waals surface area contributed by atoms with E-state index < -0.39 is 26.0 Å². The number of carbonyl (C=O) groups excluding carboxylic acids is 1. The summed E-state index contributed by atoms with van der Waals surface area (Å²) in [7, 11) is -7.72. The summed E-state index contributed by atoms with van der Waals surface area (Å²) in [5, 5.41) is 3.28. The van der Waals surface area contributed by atoms with Crippen molar-refractivity contribution in [3.05, 3.63) is 75.5 Å². The molecule has 0 unspecified atom stereocenters. The van der Waals surface area contributed by atoms with Crippen molar-refractivity contribution in [3.8, 4) is 0 Å². The van der Waals surface area contributed by atoms with Crippen molar-refractivity contribution in [1.29, 1.82) is 0 Å². The Bertz CT molecular complexity index is 1560. The first kappa shape index (κ1) is 29.2. The van der Waals surface area contributed by atoms with Crippen molar-refractivity contribution in [1.82, 2.24) is 14.3 Å². The molecule has 0 spiro atoms. The van der Waals surface area contributed by atoms with Crippen LogP contribution in [0.3, 0.4) is 0 Å². The van der Waals surface area contributed by atoms with E-state index in [4.69, 9.17) is 23.2 Å². The Labute approximate surface area is 237 Å². The van der Waals surface area contributed by atoms with E-state index in [9.17, 15) is 21.6 Å². The first-order valence-electron chi connectivity index (χ1n) is 12.0. The molecule has 0 radical (unpaired) electrons. The van der Waals surface area contributed by atoms with Crippen LogP contribution in [0.5, 0.6) is 0 Å². The predicted molar refractivity (Wildman–Crippen MR) is 151 cm³/mol. The van der Waals surface area contributed by atoms with Crippen LogP contribution in [0, 0.1) is 19.8 Å². The van der Waals surface area contributed by atoms with E-state index in [0.717, 1.165) is 0 Å². The highest BCUT2D eigenvalue weighted by atomic mass is 35.5. The van der Waals surface area contributed by atoms with Crippen LogP contribution in [0.15, 0.2) is 53.4 Å². The number of halogens is 2. The molecule has 0 bridgehead atoms. The second-order valence-corrected chi connectivity index (χ2v) is 13.7. The zero-order valence-electron chi connectivity index (χ0n) is 21.2. The minimum absolute atomic E-state index is 0.0164. The highest BCUT2D eigenvalue weighted by Crippen LogP contribution is 2.29. The normalized spacial score (nSPS) is 16.6. The summed E-state index contributed by atoms with van der Waals surface area (Å²) in [6.45, 7) is 3.78. The number of benzene rings is 2. The summed E-state index contributed by atoms with van der Waals surface area (Å²) in [6.07, 6.45) is 1.02. The van der Waals surface area contributed by atoms with Crippen molar-refractivity contribution < 1.29 is 21.6 Å². The third-order valence-electron chi connectivity index (χ3n) is 6.18. The van der Waals surface area contributed by atoms with Gasteiger partial charge in [0.05, 0.1) is 16.6 Å². The number of hydrogen-bond acceptors (Lipinski definition) is 7. The van der Waals surface area contributed by atoms with Gasteiger partial charge in [-0.15, -0.1) is 0 Å².